The maximum atomic E-state index is 12.2. The predicted octanol–water partition coefficient (Wildman–Crippen LogP) is 4.70. The molecule has 3 rings (SSSR count). The number of aromatic nitrogens is 2. The number of nitrogens with zero attached hydrogens (tertiary/aromatic N) is 2. The topological polar surface area (TPSA) is 68.2 Å². The molecule has 2 amide bonds. The van der Waals surface area contributed by atoms with E-state index in [0.29, 0.717) is 16.7 Å². The lowest BCUT2D eigenvalue weighted by molar-refractivity contribution is 0.262. The summed E-state index contributed by atoms with van der Waals surface area (Å²) in [4.78, 5) is 16.5. The Morgan fingerprint density at radius 1 is 1.15 bits per heavy atom. The van der Waals surface area contributed by atoms with Crippen LogP contribution in [0.5, 0.6) is 5.75 Å². The number of benzene rings is 2. The molecule has 7 heteroatoms. The standard InChI is InChI=1S/C19H19ClN4O2/c1-12-4-9-16(15(20)10-12)22-19(25)23-18-21-11-17(24(18)2)13-5-7-14(26-3)8-6-13/h4-11H,1-3H3,(H2,21,22,23,25). The fourth-order valence-electron chi connectivity index (χ4n) is 2.53. The van der Waals surface area contributed by atoms with Crippen LogP contribution < -0.4 is 15.4 Å². The van der Waals surface area contributed by atoms with Crippen molar-refractivity contribution in [3.8, 4) is 17.0 Å². The molecule has 2 aromatic carbocycles. The van der Waals surface area contributed by atoms with Gasteiger partial charge in [-0.15, -0.1) is 0 Å². The summed E-state index contributed by atoms with van der Waals surface area (Å²) in [5, 5.41) is 5.94. The molecule has 1 aromatic heterocycles. The Morgan fingerprint density at radius 2 is 1.88 bits per heavy atom. The monoisotopic (exact) mass is 370 g/mol. The first-order valence-electron chi connectivity index (χ1n) is 7.98. The number of aryl methyl sites for hydroxylation is 1. The molecular formula is C19H19ClN4O2. The molecule has 0 saturated carbocycles. The average molecular weight is 371 g/mol. The van der Waals surface area contributed by atoms with Crippen LogP contribution in [0.1, 0.15) is 5.56 Å². The molecule has 3 aromatic rings. The van der Waals surface area contributed by atoms with E-state index in [4.69, 9.17) is 16.3 Å². The maximum absolute atomic E-state index is 12.2. The highest BCUT2D eigenvalue weighted by atomic mass is 35.5. The lowest BCUT2D eigenvalue weighted by Gasteiger charge is -2.10. The fraction of sp³-hybridized carbons (Fsp3) is 0.158. The second kappa shape index (κ2) is 7.49. The normalized spacial score (nSPS) is 10.5. The molecule has 0 saturated heterocycles. The molecule has 6 nitrogen and oxygen atoms in total. The Balaban J connectivity index is 1.74. The Kier molecular flexibility index (Phi) is 5.14. The van der Waals surface area contributed by atoms with Crippen molar-refractivity contribution in [2.24, 2.45) is 7.05 Å². The van der Waals surface area contributed by atoms with Gasteiger partial charge in [0.05, 0.1) is 29.7 Å². The van der Waals surface area contributed by atoms with Crippen molar-refractivity contribution < 1.29 is 9.53 Å². The summed E-state index contributed by atoms with van der Waals surface area (Å²) < 4.78 is 6.97. The van der Waals surface area contributed by atoms with E-state index < -0.39 is 6.03 Å². The number of amides is 2. The quantitative estimate of drug-likeness (QED) is 0.699. The number of hydrogen-bond acceptors (Lipinski definition) is 3. The molecular weight excluding hydrogens is 352 g/mol. The van der Waals surface area contributed by atoms with E-state index in [9.17, 15) is 4.79 Å². The molecule has 0 aliphatic rings. The average Bonchev–Trinajstić information content (AvgIpc) is 2.98. The Hall–Kier alpha value is -2.99. The summed E-state index contributed by atoms with van der Waals surface area (Å²) in [5.74, 6) is 1.21. The van der Waals surface area contributed by atoms with E-state index in [1.807, 2.05) is 44.3 Å². The van der Waals surface area contributed by atoms with Crippen LogP contribution in [0.2, 0.25) is 5.02 Å². The summed E-state index contributed by atoms with van der Waals surface area (Å²) in [6.45, 7) is 1.93. The molecule has 0 unspecified atom stereocenters. The summed E-state index contributed by atoms with van der Waals surface area (Å²) in [7, 11) is 3.46. The van der Waals surface area contributed by atoms with E-state index in [-0.39, 0.29) is 0 Å². The third-order valence-corrected chi connectivity index (χ3v) is 4.28. The van der Waals surface area contributed by atoms with Crippen molar-refractivity contribution in [2.45, 2.75) is 6.92 Å². The second-order valence-corrected chi connectivity index (χ2v) is 6.22. The van der Waals surface area contributed by atoms with Gasteiger partial charge in [0.1, 0.15) is 5.75 Å². The van der Waals surface area contributed by atoms with Gasteiger partial charge in [-0.25, -0.2) is 9.78 Å². The zero-order valence-corrected chi connectivity index (χ0v) is 15.5. The number of hydrogen-bond donors (Lipinski definition) is 2. The van der Waals surface area contributed by atoms with Crippen LogP contribution in [0.3, 0.4) is 0 Å². The minimum absolute atomic E-state index is 0.411. The highest BCUT2D eigenvalue weighted by Crippen LogP contribution is 2.25. The minimum Gasteiger partial charge on any atom is -0.497 e. The fourth-order valence-corrected chi connectivity index (χ4v) is 2.81. The number of carbonyl (C=O) groups is 1. The number of carbonyl (C=O) groups excluding carboxylic acids is 1. The first-order chi connectivity index (χ1) is 12.5. The lowest BCUT2D eigenvalue weighted by atomic mass is 10.1. The molecule has 0 aliphatic carbocycles. The second-order valence-electron chi connectivity index (χ2n) is 5.82. The lowest BCUT2D eigenvalue weighted by Crippen LogP contribution is -2.21. The SMILES string of the molecule is COc1ccc(-c2cnc(NC(=O)Nc3ccc(C)cc3Cl)n2C)cc1. The first-order valence-corrected chi connectivity index (χ1v) is 8.36. The van der Waals surface area contributed by atoms with E-state index in [1.165, 1.54) is 0 Å². The first kappa shape index (κ1) is 17.8. The van der Waals surface area contributed by atoms with Crippen LogP contribution in [0.15, 0.2) is 48.7 Å². The van der Waals surface area contributed by atoms with Gasteiger partial charge in [-0.2, -0.15) is 0 Å². The van der Waals surface area contributed by atoms with Crippen molar-refractivity contribution in [1.82, 2.24) is 9.55 Å². The summed E-state index contributed by atoms with van der Waals surface area (Å²) >= 11 is 6.14. The van der Waals surface area contributed by atoms with Crippen molar-refractivity contribution in [1.29, 1.82) is 0 Å². The molecule has 0 atom stereocenters. The molecule has 0 fully saturated rings. The minimum atomic E-state index is -0.411. The van der Waals surface area contributed by atoms with Crippen molar-refractivity contribution in [2.75, 3.05) is 17.7 Å². The van der Waals surface area contributed by atoms with Gasteiger partial charge < -0.3 is 14.6 Å². The Labute approximate surface area is 156 Å². The predicted molar refractivity (Wildman–Crippen MR) is 104 cm³/mol. The number of anilines is 2. The van der Waals surface area contributed by atoms with Crippen LogP contribution in [0.4, 0.5) is 16.4 Å². The molecule has 26 heavy (non-hydrogen) atoms. The third-order valence-electron chi connectivity index (χ3n) is 3.97. The zero-order valence-electron chi connectivity index (χ0n) is 14.7. The van der Waals surface area contributed by atoms with Gasteiger partial charge in [0.15, 0.2) is 0 Å². The highest BCUT2D eigenvalue weighted by Gasteiger charge is 2.12. The number of urea groups is 1. The van der Waals surface area contributed by atoms with Crippen molar-refractivity contribution >= 4 is 29.3 Å². The Bertz CT molecular complexity index is 935. The van der Waals surface area contributed by atoms with Crippen LogP contribution >= 0.6 is 11.6 Å². The number of ether oxygens (including phenoxy) is 1. The smallest absolute Gasteiger partial charge is 0.326 e. The van der Waals surface area contributed by atoms with Gasteiger partial charge in [0.2, 0.25) is 5.95 Å². The van der Waals surface area contributed by atoms with Gasteiger partial charge >= 0.3 is 6.03 Å². The van der Waals surface area contributed by atoms with E-state index >= 15 is 0 Å². The van der Waals surface area contributed by atoms with Crippen molar-refractivity contribution in [3.63, 3.8) is 0 Å². The molecule has 0 radical (unpaired) electrons. The van der Waals surface area contributed by atoms with E-state index in [0.717, 1.165) is 22.6 Å². The number of nitrogens with one attached hydrogen (secondary N) is 2. The molecule has 0 bridgehead atoms. The summed E-state index contributed by atoms with van der Waals surface area (Å²) in [5.41, 5.74) is 3.40. The van der Waals surface area contributed by atoms with Crippen LogP contribution in [-0.4, -0.2) is 22.7 Å². The van der Waals surface area contributed by atoms with Gasteiger partial charge in [-0.1, -0.05) is 17.7 Å². The number of halogens is 1. The number of rotatable bonds is 4. The van der Waals surface area contributed by atoms with Crippen LogP contribution in [-0.2, 0) is 7.05 Å². The molecule has 2 N–H and O–H groups in total. The summed E-state index contributed by atoms with van der Waals surface area (Å²) in [6, 6.07) is 12.6. The van der Waals surface area contributed by atoms with Gasteiger partial charge in [-0.3, -0.25) is 5.32 Å². The maximum Gasteiger partial charge on any atom is 0.326 e. The number of imidazole rings is 1. The molecule has 1 heterocycles. The number of methoxy groups -OCH3 is 1. The van der Waals surface area contributed by atoms with Gasteiger partial charge in [-0.05, 0) is 48.9 Å². The Morgan fingerprint density at radius 3 is 2.54 bits per heavy atom. The van der Waals surface area contributed by atoms with E-state index in [2.05, 4.69) is 15.6 Å². The van der Waals surface area contributed by atoms with Crippen LogP contribution in [0.25, 0.3) is 11.3 Å². The zero-order chi connectivity index (χ0) is 18.7. The molecule has 0 spiro atoms. The molecule has 134 valence electrons. The van der Waals surface area contributed by atoms with Crippen molar-refractivity contribution in [3.05, 3.63) is 59.2 Å². The third kappa shape index (κ3) is 3.81. The largest absolute Gasteiger partial charge is 0.497 e. The van der Waals surface area contributed by atoms with Gasteiger partial charge in [0, 0.05) is 12.6 Å². The van der Waals surface area contributed by atoms with Gasteiger partial charge in [0.25, 0.3) is 0 Å². The summed E-state index contributed by atoms with van der Waals surface area (Å²) in [6.07, 6.45) is 1.70. The van der Waals surface area contributed by atoms with Crippen LogP contribution in [0, 0.1) is 6.92 Å². The molecule has 0 aliphatic heterocycles. The highest BCUT2D eigenvalue weighted by molar-refractivity contribution is 6.33. The van der Waals surface area contributed by atoms with E-state index in [1.54, 1.807) is 30.0 Å².